The van der Waals surface area contributed by atoms with E-state index < -0.39 is 0 Å². The number of carbonyl (C=O) groups is 1. The van der Waals surface area contributed by atoms with Gasteiger partial charge in [-0.3, -0.25) is 9.78 Å². The average molecular weight is 324 g/mol. The molecule has 1 aliphatic rings. The van der Waals surface area contributed by atoms with Gasteiger partial charge in [-0.05, 0) is 48.2 Å². The van der Waals surface area contributed by atoms with E-state index in [1.54, 1.807) is 6.20 Å². The van der Waals surface area contributed by atoms with E-state index in [0.29, 0.717) is 19.8 Å². The molecule has 0 saturated carbocycles. The summed E-state index contributed by atoms with van der Waals surface area (Å²) in [5.41, 5.74) is 4.02. The van der Waals surface area contributed by atoms with Crippen LogP contribution < -0.4 is 0 Å². The molecule has 1 aliphatic heterocycles. The van der Waals surface area contributed by atoms with Crippen LogP contribution in [0.2, 0.25) is 0 Å². The van der Waals surface area contributed by atoms with Gasteiger partial charge in [0, 0.05) is 24.5 Å². The zero-order valence-electron chi connectivity index (χ0n) is 14.4. The molecule has 1 fully saturated rings. The molecule has 0 radical (unpaired) electrons. The van der Waals surface area contributed by atoms with Crippen molar-refractivity contribution in [1.29, 1.82) is 0 Å². The van der Waals surface area contributed by atoms with Crippen LogP contribution in [0, 0.1) is 6.92 Å². The van der Waals surface area contributed by atoms with Gasteiger partial charge in [-0.15, -0.1) is 0 Å². The minimum absolute atomic E-state index is 0.102. The van der Waals surface area contributed by atoms with Crippen molar-refractivity contribution < 1.29 is 9.53 Å². The Kier molecular flexibility index (Phi) is 5.26. The highest BCUT2D eigenvalue weighted by Gasteiger charge is 2.27. The van der Waals surface area contributed by atoms with Crippen LogP contribution >= 0.6 is 0 Å². The summed E-state index contributed by atoms with van der Waals surface area (Å²) in [6.07, 6.45) is 5.67. The first-order chi connectivity index (χ1) is 11.7. The standard InChI is InChI=1S/C20H24N2O2/c1-3-5-18-14-24-11-10-22(18)20(23)17-7-4-6-16(12-17)19-8-9-21-13-15(19)2/h4,6-9,12-13,18H,3,5,10-11,14H2,1-2H3/t18-/m1/s1. The molecule has 3 rings (SSSR count). The average Bonchev–Trinajstić information content (AvgIpc) is 2.62. The van der Waals surface area contributed by atoms with Gasteiger partial charge in [0.15, 0.2) is 0 Å². The summed E-state index contributed by atoms with van der Waals surface area (Å²) in [5.74, 6) is 0.102. The summed E-state index contributed by atoms with van der Waals surface area (Å²) in [6.45, 7) is 6.11. The van der Waals surface area contributed by atoms with Crippen molar-refractivity contribution in [2.24, 2.45) is 0 Å². The number of rotatable bonds is 4. The SMILES string of the molecule is CCC[C@@H]1COCCN1C(=O)c1cccc(-c2ccncc2C)c1. The van der Waals surface area contributed by atoms with E-state index in [1.807, 2.05) is 48.4 Å². The molecule has 0 bridgehead atoms. The molecule has 2 heterocycles. The number of morpholine rings is 1. The zero-order valence-corrected chi connectivity index (χ0v) is 14.4. The third-order valence-corrected chi connectivity index (χ3v) is 4.55. The second kappa shape index (κ2) is 7.58. The van der Waals surface area contributed by atoms with Gasteiger partial charge < -0.3 is 9.64 Å². The van der Waals surface area contributed by atoms with Gasteiger partial charge >= 0.3 is 0 Å². The van der Waals surface area contributed by atoms with E-state index in [9.17, 15) is 4.79 Å². The third-order valence-electron chi connectivity index (χ3n) is 4.55. The number of hydrogen-bond donors (Lipinski definition) is 0. The Morgan fingerprint density at radius 3 is 3.04 bits per heavy atom. The molecule has 1 atom stereocenters. The first kappa shape index (κ1) is 16.7. The van der Waals surface area contributed by atoms with Crippen LogP contribution in [0.15, 0.2) is 42.7 Å². The highest BCUT2D eigenvalue weighted by Crippen LogP contribution is 2.24. The number of carbonyl (C=O) groups excluding carboxylic acids is 1. The quantitative estimate of drug-likeness (QED) is 0.861. The Morgan fingerprint density at radius 1 is 1.38 bits per heavy atom. The Balaban J connectivity index is 1.88. The second-order valence-electron chi connectivity index (χ2n) is 6.29. The van der Waals surface area contributed by atoms with Crippen molar-refractivity contribution in [3.05, 3.63) is 53.9 Å². The smallest absolute Gasteiger partial charge is 0.254 e. The summed E-state index contributed by atoms with van der Waals surface area (Å²) >= 11 is 0. The Hall–Kier alpha value is -2.20. The molecule has 2 aromatic rings. The fraction of sp³-hybridized carbons (Fsp3) is 0.400. The topological polar surface area (TPSA) is 42.4 Å². The number of benzene rings is 1. The molecule has 1 amide bonds. The fourth-order valence-corrected chi connectivity index (χ4v) is 3.28. The maximum atomic E-state index is 13.0. The molecule has 1 aromatic carbocycles. The van der Waals surface area contributed by atoms with Gasteiger partial charge in [0.1, 0.15) is 0 Å². The van der Waals surface area contributed by atoms with Gasteiger partial charge in [0.25, 0.3) is 5.91 Å². The lowest BCUT2D eigenvalue weighted by Gasteiger charge is -2.35. The molecule has 0 N–H and O–H groups in total. The van der Waals surface area contributed by atoms with E-state index >= 15 is 0 Å². The molecule has 24 heavy (non-hydrogen) atoms. The maximum Gasteiger partial charge on any atom is 0.254 e. The Morgan fingerprint density at radius 2 is 2.25 bits per heavy atom. The number of aromatic nitrogens is 1. The minimum atomic E-state index is 0.102. The molecular formula is C20H24N2O2. The summed E-state index contributed by atoms with van der Waals surface area (Å²) < 4.78 is 5.56. The van der Waals surface area contributed by atoms with Crippen LogP contribution in [-0.2, 0) is 4.74 Å². The number of amides is 1. The van der Waals surface area contributed by atoms with Gasteiger partial charge in [0.05, 0.1) is 19.3 Å². The number of ether oxygens (including phenoxy) is 1. The predicted octanol–water partition coefficient (Wildman–Crippen LogP) is 3.70. The molecule has 0 spiro atoms. The van der Waals surface area contributed by atoms with Gasteiger partial charge in [-0.1, -0.05) is 25.5 Å². The number of pyridine rings is 1. The maximum absolute atomic E-state index is 13.0. The van der Waals surface area contributed by atoms with Crippen LogP contribution in [0.25, 0.3) is 11.1 Å². The Bertz CT molecular complexity index is 712. The Labute approximate surface area is 143 Å². The highest BCUT2D eigenvalue weighted by atomic mass is 16.5. The summed E-state index contributed by atoms with van der Waals surface area (Å²) in [4.78, 5) is 19.1. The van der Waals surface area contributed by atoms with Crippen molar-refractivity contribution in [3.8, 4) is 11.1 Å². The van der Waals surface area contributed by atoms with Crippen molar-refractivity contribution >= 4 is 5.91 Å². The number of hydrogen-bond acceptors (Lipinski definition) is 3. The molecule has 1 aromatic heterocycles. The van der Waals surface area contributed by atoms with Gasteiger partial charge in [-0.2, -0.15) is 0 Å². The van der Waals surface area contributed by atoms with Crippen molar-refractivity contribution in [1.82, 2.24) is 9.88 Å². The van der Waals surface area contributed by atoms with Gasteiger partial charge in [-0.25, -0.2) is 0 Å². The normalized spacial score (nSPS) is 17.8. The third kappa shape index (κ3) is 3.49. The van der Waals surface area contributed by atoms with E-state index in [1.165, 1.54) is 0 Å². The van der Waals surface area contributed by atoms with E-state index in [0.717, 1.165) is 35.1 Å². The summed E-state index contributed by atoms with van der Waals surface area (Å²) in [5, 5.41) is 0. The lowest BCUT2D eigenvalue weighted by Crippen LogP contribution is -2.48. The molecule has 126 valence electrons. The zero-order chi connectivity index (χ0) is 16.9. The highest BCUT2D eigenvalue weighted by molar-refractivity contribution is 5.95. The van der Waals surface area contributed by atoms with Gasteiger partial charge in [0.2, 0.25) is 0 Å². The molecule has 0 unspecified atom stereocenters. The second-order valence-corrected chi connectivity index (χ2v) is 6.29. The summed E-state index contributed by atoms with van der Waals surface area (Å²) in [6, 6.07) is 10.1. The molecular weight excluding hydrogens is 300 g/mol. The predicted molar refractivity (Wildman–Crippen MR) is 95.0 cm³/mol. The largest absolute Gasteiger partial charge is 0.377 e. The number of nitrogens with zero attached hydrogens (tertiary/aromatic N) is 2. The lowest BCUT2D eigenvalue weighted by atomic mass is 9.99. The van der Waals surface area contributed by atoms with Crippen LogP contribution in [0.1, 0.15) is 35.7 Å². The monoisotopic (exact) mass is 324 g/mol. The number of aryl methyl sites for hydroxylation is 1. The fourth-order valence-electron chi connectivity index (χ4n) is 3.28. The summed E-state index contributed by atoms with van der Waals surface area (Å²) in [7, 11) is 0. The molecule has 0 aliphatic carbocycles. The molecule has 4 nitrogen and oxygen atoms in total. The first-order valence-electron chi connectivity index (χ1n) is 8.60. The van der Waals surface area contributed by atoms with E-state index in [2.05, 4.69) is 11.9 Å². The van der Waals surface area contributed by atoms with E-state index in [4.69, 9.17) is 4.74 Å². The van der Waals surface area contributed by atoms with Crippen LogP contribution in [0.4, 0.5) is 0 Å². The van der Waals surface area contributed by atoms with Crippen LogP contribution in [-0.4, -0.2) is 41.6 Å². The van der Waals surface area contributed by atoms with Crippen molar-refractivity contribution in [2.45, 2.75) is 32.7 Å². The minimum Gasteiger partial charge on any atom is -0.377 e. The van der Waals surface area contributed by atoms with Crippen LogP contribution in [0.3, 0.4) is 0 Å². The van der Waals surface area contributed by atoms with Crippen molar-refractivity contribution in [3.63, 3.8) is 0 Å². The lowest BCUT2D eigenvalue weighted by molar-refractivity contribution is -0.00433. The van der Waals surface area contributed by atoms with Crippen LogP contribution in [0.5, 0.6) is 0 Å². The molecule has 1 saturated heterocycles. The molecule has 4 heteroatoms. The van der Waals surface area contributed by atoms with E-state index in [-0.39, 0.29) is 11.9 Å². The first-order valence-corrected chi connectivity index (χ1v) is 8.60. The van der Waals surface area contributed by atoms with Crippen molar-refractivity contribution in [2.75, 3.05) is 19.8 Å².